The second-order valence-electron chi connectivity index (χ2n) is 4.56. The van der Waals surface area contributed by atoms with Gasteiger partial charge in [-0.25, -0.2) is 8.42 Å². The lowest BCUT2D eigenvalue weighted by atomic mass is 10.2. The number of halogens is 1. The number of sulfonamides is 1. The summed E-state index contributed by atoms with van der Waals surface area (Å²) in [6.45, 7) is 2.83. The van der Waals surface area contributed by atoms with Crippen molar-refractivity contribution in [1.29, 1.82) is 0 Å². The Morgan fingerprint density at radius 3 is 2.83 bits per heavy atom. The summed E-state index contributed by atoms with van der Waals surface area (Å²) in [6, 6.07) is 5.05. The minimum atomic E-state index is -3.41. The zero-order valence-electron chi connectivity index (χ0n) is 10.3. The molecule has 2 N–H and O–H groups in total. The molecule has 4 nitrogen and oxygen atoms in total. The summed E-state index contributed by atoms with van der Waals surface area (Å²) < 4.78 is 27.5. The predicted molar refractivity (Wildman–Crippen MR) is 74.8 cm³/mol. The molecular weight excluding hydrogens is 316 g/mol. The van der Waals surface area contributed by atoms with Crippen LogP contribution < -0.4 is 5.73 Å². The van der Waals surface area contributed by atoms with Crippen LogP contribution >= 0.6 is 15.9 Å². The Labute approximate surface area is 116 Å². The van der Waals surface area contributed by atoms with Crippen LogP contribution in [0.3, 0.4) is 0 Å². The fourth-order valence-corrected chi connectivity index (χ4v) is 4.31. The van der Waals surface area contributed by atoms with Crippen molar-refractivity contribution in [2.24, 2.45) is 5.73 Å². The molecule has 1 atom stereocenters. The lowest BCUT2D eigenvalue weighted by molar-refractivity contribution is 0.393. The van der Waals surface area contributed by atoms with Gasteiger partial charge in [0.2, 0.25) is 10.0 Å². The highest BCUT2D eigenvalue weighted by atomic mass is 79.9. The van der Waals surface area contributed by atoms with Gasteiger partial charge in [-0.05, 0) is 43.5 Å². The van der Waals surface area contributed by atoms with Gasteiger partial charge in [-0.3, -0.25) is 0 Å². The van der Waals surface area contributed by atoms with Crippen LogP contribution in [-0.2, 0) is 10.0 Å². The van der Waals surface area contributed by atoms with Gasteiger partial charge in [0.05, 0.1) is 4.90 Å². The first-order valence-electron chi connectivity index (χ1n) is 5.95. The molecule has 0 saturated carbocycles. The molecular formula is C12H17BrN2O2S. The zero-order chi connectivity index (χ0) is 13.3. The molecule has 1 heterocycles. The highest BCUT2D eigenvalue weighted by Gasteiger charge is 2.34. The van der Waals surface area contributed by atoms with Gasteiger partial charge in [0.1, 0.15) is 0 Å². The van der Waals surface area contributed by atoms with Crippen molar-refractivity contribution in [3.05, 3.63) is 28.2 Å². The van der Waals surface area contributed by atoms with Crippen LogP contribution in [0.25, 0.3) is 0 Å². The molecule has 0 spiro atoms. The van der Waals surface area contributed by atoms with E-state index in [1.54, 1.807) is 18.2 Å². The van der Waals surface area contributed by atoms with Gasteiger partial charge in [0.25, 0.3) is 0 Å². The van der Waals surface area contributed by atoms with Gasteiger partial charge in [-0.1, -0.05) is 15.9 Å². The van der Waals surface area contributed by atoms with Crippen LogP contribution in [0.5, 0.6) is 0 Å². The predicted octanol–water partition coefficient (Wildman–Crippen LogP) is 1.87. The zero-order valence-corrected chi connectivity index (χ0v) is 12.7. The van der Waals surface area contributed by atoms with E-state index in [-0.39, 0.29) is 6.04 Å². The van der Waals surface area contributed by atoms with Crippen LogP contribution in [0.4, 0.5) is 0 Å². The van der Waals surface area contributed by atoms with E-state index in [1.807, 2.05) is 6.92 Å². The summed E-state index contributed by atoms with van der Waals surface area (Å²) in [4.78, 5) is 0.351. The van der Waals surface area contributed by atoms with Crippen molar-refractivity contribution < 1.29 is 8.42 Å². The van der Waals surface area contributed by atoms with Crippen LogP contribution in [0.2, 0.25) is 0 Å². The molecule has 0 radical (unpaired) electrons. The van der Waals surface area contributed by atoms with E-state index in [1.165, 1.54) is 4.31 Å². The summed E-state index contributed by atoms with van der Waals surface area (Å²) >= 11 is 3.38. The molecule has 100 valence electrons. The van der Waals surface area contributed by atoms with Gasteiger partial charge in [-0.15, -0.1) is 0 Å². The maximum absolute atomic E-state index is 12.5. The van der Waals surface area contributed by atoms with Crippen molar-refractivity contribution in [1.82, 2.24) is 4.31 Å². The smallest absolute Gasteiger partial charge is 0.243 e. The Morgan fingerprint density at radius 2 is 2.22 bits per heavy atom. The fourth-order valence-electron chi connectivity index (χ4n) is 2.27. The van der Waals surface area contributed by atoms with Crippen molar-refractivity contribution in [2.75, 3.05) is 13.1 Å². The van der Waals surface area contributed by atoms with Gasteiger partial charge >= 0.3 is 0 Å². The first-order chi connectivity index (χ1) is 8.46. The number of nitrogens with two attached hydrogens (primary N) is 1. The molecule has 1 saturated heterocycles. The molecule has 0 aromatic heterocycles. The maximum Gasteiger partial charge on any atom is 0.243 e. The number of hydrogen-bond acceptors (Lipinski definition) is 3. The summed E-state index contributed by atoms with van der Waals surface area (Å²) in [7, 11) is -3.41. The average molecular weight is 333 g/mol. The first-order valence-corrected chi connectivity index (χ1v) is 8.18. The number of benzene rings is 1. The SMILES string of the molecule is Cc1cc(S(=O)(=O)N2CCCC2CN)ccc1Br. The second kappa shape index (κ2) is 5.28. The van der Waals surface area contributed by atoms with E-state index in [2.05, 4.69) is 15.9 Å². The fraction of sp³-hybridized carbons (Fsp3) is 0.500. The van der Waals surface area contributed by atoms with Gasteiger partial charge in [0, 0.05) is 23.6 Å². The van der Waals surface area contributed by atoms with Crippen molar-refractivity contribution >= 4 is 26.0 Å². The van der Waals surface area contributed by atoms with E-state index < -0.39 is 10.0 Å². The number of aryl methyl sites for hydroxylation is 1. The minimum Gasteiger partial charge on any atom is -0.329 e. The quantitative estimate of drug-likeness (QED) is 0.918. The van der Waals surface area contributed by atoms with Crippen LogP contribution in [-0.4, -0.2) is 31.9 Å². The second-order valence-corrected chi connectivity index (χ2v) is 7.30. The number of rotatable bonds is 3. The van der Waals surface area contributed by atoms with E-state index in [0.717, 1.165) is 22.9 Å². The molecule has 0 bridgehead atoms. The Bertz CT molecular complexity index is 545. The van der Waals surface area contributed by atoms with Gasteiger partial charge in [-0.2, -0.15) is 4.31 Å². The van der Waals surface area contributed by atoms with Crippen LogP contribution in [0.15, 0.2) is 27.6 Å². The molecule has 6 heteroatoms. The molecule has 0 amide bonds. The standard InChI is InChI=1S/C12H17BrN2O2S/c1-9-7-11(4-5-12(9)13)18(16,17)15-6-2-3-10(15)8-14/h4-5,7,10H,2-3,6,8,14H2,1H3. The molecule has 1 aromatic carbocycles. The third-order valence-electron chi connectivity index (χ3n) is 3.33. The lowest BCUT2D eigenvalue weighted by Crippen LogP contribution is -2.39. The minimum absolute atomic E-state index is 0.0565. The van der Waals surface area contributed by atoms with Gasteiger partial charge < -0.3 is 5.73 Å². The van der Waals surface area contributed by atoms with Crippen LogP contribution in [0.1, 0.15) is 18.4 Å². The third kappa shape index (κ3) is 2.47. The summed E-state index contributed by atoms with van der Waals surface area (Å²) in [5.41, 5.74) is 6.56. The van der Waals surface area contributed by atoms with Crippen molar-refractivity contribution in [2.45, 2.75) is 30.7 Å². The molecule has 1 aliphatic heterocycles. The molecule has 1 aromatic rings. The molecule has 1 fully saturated rings. The summed E-state index contributed by atoms with van der Waals surface area (Å²) in [6.07, 6.45) is 1.74. The van der Waals surface area contributed by atoms with Crippen molar-refractivity contribution in [3.63, 3.8) is 0 Å². The Hall–Kier alpha value is -0.430. The van der Waals surface area contributed by atoms with Gasteiger partial charge in [0.15, 0.2) is 0 Å². The lowest BCUT2D eigenvalue weighted by Gasteiger charge is -2.23. The normalized spacial score (nSPS) is 21.4. The van der Waals surface area contributed by atoms with E-state index in [9.17, 15) is 8.42 Å². The summed E-state index contributed by atoms with van der Waals surface area (Å²) in [5, 5.41) is 0. The number of nitrogens with zero attached hydrogens (tertiary/aromatic N) is 1. The monoisotopic (exact) mass is 332 g/mol. The topological polar surface area (TPSA) is 63.4 Å². The van der Waals surface area contributed by atoms with E-state index in [4.69, 9.17) is 5.73 Å². The van der Waals surface area contributed by atoms with E-state index >= 15 is 0 Å². The molecule has 0 aliphatic carbocycles. The Balaban J connectivity index is 2.38. The number of hydrogen-bond donors (Lipinski definition) is 1. The van der Waals surface area contributed by atoms with Crippen molar-refractivity contribution in [3.8, 4) is 0 Å². The highest BCUT2D eigenvalue weighted by Crippen LogP contribution is 2.27. The molecule has 2 rings (SSSR count). The largest absolute Gasteiger partial charge is 0.329 e. The third-order valence-corrected chi connectivity index (χ3v) is 6.17. The first kappa shape index (κ1) is 14.0. The highest BCUT2D eigenvalue weighted by molar-refractivity contribution is 9.10. The molecule has 1 unspecified atom stereocenters. The molecule has 1 aliphatic rings. The Morgan fingerprint density at radius 1 is 1.50 bits per heavy atom. The maximum atomic E-state index is 12.5. The summed E-state index contributed by atoms with van der Waals surface area (Å²) in [5.74, 6) is 0. The Kier molecular flexibility index (Phi) is 4.11. The van der Waals surface area contributed by atoms with E-state index in [0.29, 0.717) is 18.0 Å². The van der Waals surface area contributed by atoms with Crippen LogP contribution in [0, 0.1) is 6.92 Å². The molecule has 18 heavy (non-hydrogen) atoms. The average Bonchev–Trinajstić information content (AvgIpc) is 2.81.